The molecule has 0 aliphatic rings. The topological polar surface area (TPSA) is 79.9 Å². The highest BCUT2D eigenvalue weighted by molar-refractivity contribution is 8.00. The van der Waals surface area contributed by atoms with Crippen LogP contribution in [0.25, 0.3) is 0 Å². The Morgan fingerprint density at radius 3 is 2.82 bits per heavy atom. The summed E-state index contributed by atoms with van der Waals surface area (Å²) in [5.74, 6) is 1.26. The Labute approximate surface area is 173 Å². The molecule has 28 heavy (non-hydrogen) atoms. The van der Waals surface area contributed by atoms with Crippen molar-refractivity contribution in [2.45, 2.75) is 37.8 Å². The molecule has 0 fully saturated rings. The summed E-state index contributed by atoms with van der Waals surface area (Å²) in [6, 6.07) is 13.2. The van der Waals surface area contributed by atoms with Crippen LogP contribution in [0.15, 0.2) is 47.6 Å². The van der Waals surface area contributed by atoms with Crippen molar-refractivity contribution in [3.05, 3.63) is 64.4 Å². The second-order valence-electron chi connectivity index (χ2n) is 6.28. The standard InChI is InChI=1S/C20H21ClN4O2S/c1-12-7-4-5-10-17(12)27-11-18-23-20(25-24-18)28-14(3)19(26)22-16-9-6-8-15(21)13(16)2/h4-10,14H,11H2,1-3H3,(H,22,26)(H,23,24,25)/t14-/m0/s1. The number of thioether (sulfide) groups is 1. The number of rotatable bonds is 7. The van der Waals surface area contributed by atoms with E-state index in [4.69, 9.17) is 16.3 Å². The lowest BCUT2D eigenvalue weighted by molar-refractivity contribution is -0.115. The third-order valence-electron chi connectivity index (χ3n) is 4.15. The Bertz CT molecular complexity index is 976. The molecular weight excluding hydrogens is 396 g/mol. The number of anilines is 1. The molecular formula is C20H21ClN4O2S. The lowest BCUT2D eigenvalue weighted by Crippen LogP contribution is -2.23. The van der Waals surface area contributed by atoms with Gasteiger partial charge in [0.2, 0.25) is 11.1 Å². The van der Waals surface area contributed by atoms with Gasteiger partial charge in [0, 0.05) is 10.7 Å². The van der Waals surface area contributed by atoms with Gasteiger partial charge in [0.05, 0.1) is 5.25 Å². The minimum atomic E-state index is -0.376. The predicted octanol–water partition coefficient (Wildman–Crippen LogP) is 4.77. The molecule has 0 radical (unpaired) electrons. The van der Waals surface area contributed by atoms with Gasteiger partial charge in [-0.05, 0) is 50.1 Å². The van der Waals surface area contributed by atoms with Crippen LogP contribution in [-0.2, 0) is 11.4 Å². The summed E-state index contributed by atoms with van der Waals surface area (Å²) < 4.78 is 5.76. The van der Waals surface area contributed by atoms with Crippen LogP contribution >= 0.6 is 23.4 Å². The zero-order valence-electron chi connectivity index (χ0n) is 15.8. The highest BCUT2D eigenvalue weighted by atomic mass is 35.5. The number of nitrogens with zero attached hydrogens (tertiary/aromatic N) is 2. The van der Waals surface area contributed by atoms with Crippen LogP contribution in [0.5, 0.6) is 5.75 Å². The molecule has 0 aliphatic carbocycles. The summed E-state index contributed by atoms with van der Waals surface area (Å²) in [4.78, 5) is 16.9. The number of ether oxygens (including phenoxy) is 1. The molecule has 6 nitrogen and oxygen atoms in total. The van der Waals surface area contributed by atoms with Gasteiger partial charge < -0.3 is 10.1 Å². The van der Waals surface area contributed by atoms with Crippen LogP contribution < -0.4 is 10.1 Å². The van der Waals surface area contributed by atoms with Crippen LogP contribution in [0.4, 0.5) is 5.69 Å². The molecule has 0 saturated carbocycles. The number of halogens is 1. The molecule has 2 aromatic carbocycles. The minimum absolute atomic E-state index is 0.141. The lowest BCUT2D eigenvalue weighted by Gasteiger charge is -2.12. The lowest BCUT2D eigenvalue weighted by atomic mass is 10.2. The van der Waals surface area contributed by atoms with Crippen LogP contribution in [0.2, 0.25) is 5.02 Å². The average Bonchev–Trinajstić information content (AvgIpc) is 3.12. The second-order valence-corrected chi connectivity index (χ2v) is 8.00. The highest BCUT2D eigenvalue weighted by Crippen LogP contribution is 2.25. The van der Waals surface area contributed by atoms with Crippen LogP contribution in [0.3, 0.4) is 0 Å². The summed E-state index contributed by atoms with van der Waals surface area (Å²) in [6.07, 6.45) is 0. The molecule has 0 spiro atoms. The number of para-hydroxylation sites is 1. The van der Waals surface area contributed by atoms with Gasteiger partial charge in [-0.2, -0.15) is 0 Å². The molecule has 8 heteroatoms. The normalized spacial score (nSPS) is 11.9. The molecule has 0 aliphatic heterocycles. The molecule has 1 aromatic heterocycles. The van der Waals surface area contributed by atoms with E-state index in [9.17, 15) is 4.79 Å². The third-order valence-corrected chi connectivity index (χ3v) is 5.52. The van der Waals surface area contributed by atoms with Gasteiger partial charge in [0.25, 0.3) is 0 Å². The van der Waals surface area contributed by atoms with E-state index in [1.807, 2.05) is 44.2 Å². The number of hydrogen-bond donors (Lipinski definition) is 2. The molecule has 1 amide bonds. The quantitative estimate of drug-likeness (QED) is 0.542. The molecule has 0 unspecified atom stereocenters. The van der Waals surface area contributed by atoms with Crippen LogP contribution in [0.1, 0.15) is 23.9 Å². The van der Waals surface area contributed by atoms with Crippen molar-refractivity contribution < 1.29 is 9.53 Å². The van der Waals surface area contributed by atoms with Gasteiger partial charge in [0.1, 0.15) is 12.4 Å². The van der Waals surface area contributed by atoms with Gasteiger partial charge in [0.15, 0.2) is 5.82 Å². The first-order valence-corrected chi connectivity index (χ1v) is 10.0. The maximum absolute atomic E-state index is 12.5. The van der Waals surface area contributed by atoms with E-state index in [0.29, 0.717) is 21.7 Å². The largest absolute Gasteiger partial charge is 0.485 e. The Hall–Kier alpha value is -2.51. The van der Waals surface area contributed by atoms with E-state index >= 15 is 0 Å². The number of nitrogens with one attached hydrogen (secondary N) is 2. The first kappa shape index (κ1) is 20.2. The van der Waals surface area contributed by atoms with Gasteiger partial charge in [-0.3, -0.25) is 9.89 Å². The Morgan fingerprint density at radius 2 is 2.04 bits per heavy atom. The molecule has 1 heterocycles. The van der Waals surface area contributed by atoms with Crippen molar-refractivity contribution in [2.75, 3.05) is 5.32 Å². The zero-order chi connectivity index (χ0) is 20.1. The van der Waals surface area contributed by atoms with Gasteiger partial charge in [-0.15, -0.1) is 5.10 Å². The molecule has 3 rings (SSSR count). The molecule has 146 valence electrons. The fourth-order valence-corrected chi connectivity index (χ4v) is 3.37. The predicted molar refractivity (Wildman–Crippen MR) is 112 cm³/mol. The first-order valence-electron chi connectivity index (χ1n) is 8.76. The first-order chi connectivity index (χ1) is 13.4. The summed E-state index contributed by atoms with van der Waals surface area (Å²) >= 11 is 7.37. The van der Waals surface area contributed by atoms with E-state index in [-0.39, 0.29) is 17.8 Å². The number of aryl methyl sites for hydroxylation is 1. The monoisotopic (exact) mass is 416 g/mol. The third kappa shape index (κ3) is 5.05. The number of carbonyl (C=O) groups excluding carboxylic acids is 1. The molecule has 1 atom stereocenters. The summed E-state index contributed by atoms with van der Waals surface area (Å²) in [6.45, 7) is 5.94. The number of hydrogen-bond acceptors (Lipinski definition) is 5. The van der Waals surface area contributed by atoms with Crippen molar-refractivity contribution >= 4 is 35.0 Å². The number of amides is 1. The van der Waals surface area contributed by atoms with E-state index in [0.717, 1.165) is 16.9 Å². The zero-order valence-corrected chi connectivity index (χ0v) is 17.4. The van der Waals surface area contributed by atoms with Crippen LogP contribution in [0, 0.1) is 13.8 Å². The maximum atomic E-state index is 12.5. The molecule has 3 aromatic rings. The highest BCUT2D eigenvalue weighted by Gasteiger charge is 2.18. The van der Waals surface area contributed by atoms with Crippen molar-refractivity contribution in [2.24, 2.45) is 0 Å². The van der Waals surface area contributed by atoms with Crippen molar-refractivity contribution in [3.63, 3.8) is 0 Å². The number of benzene rings is 2. The fourth-order valence-electron chi connectivity index (χ4n) is 2.45. The Balaban J connectivity index is 1.56. The Kier molecular flexibility index (Phi) is 6.59. The summed E-state index contributed by atoms with van der Waals surface area (Å²) in [5, 5.41) is 10.6. The Morgan fingerprint density at radius 1 is 1.25 bits per heavy atom. The van der Waals surface area contributed by atoms with Crippen molar-refractivity contribution in [1.29, 1.82) is 0 Å². The fraction of sp³-hybridized carbons (Fsp3) is 0.250. The molecule has 0 saturated heterocycles. The van der Waals surface area contributed by atoms with Crippen molar-refractivity contribution in [3.8, 4) is 5.75 Å². The number of H-pyrrole nitrogens is 1. The minimum Gasteiger partial charge on any atom is -0.485 e. The summed E-state index contributed by atoms with van der Waals surface area (Å²) in [5.41, 5.74) is 2.59. The van der Waals surface area contributed by atoms with E-state index in [1.54, 1.807) is 19.1 Å². The van der Waals surface area contributed by atoms with E-state index in [2.05, 4.69) is 20.5 Å². The second kappa shape index (κ2) is 9.12. The van der Waals surface area contributed by atoms with E-state index < -0.39 is 0 Å². The molecule has 0 bridgehead atoms. The number of aromatic amines is 1. The van der Waals surface area contributed by atoms with Gasteiger partial charge in [-0.25, -0.2) is 4.98 Å². The van der Waals surface area contributed by atoms with Crippen molar-refractivity contribution in [1.82, 2.24) is 15.2 Å². The number of aromatic nitrogens is 3. The van der Waals surface area contributed by atoms with Gasteiger partial charge in [-0.1, -0.05) is 47.6 Å². The molecule has 2 N–H and O–H groups in total. The van der Waals surface area contributed by atoms with E-state index in [1.165, 1.54) is 11.8 Å². The van der Waals surface area contributed by atoms with Gasteiger partial charge >= 0.3 is 0 Å². The summed E-state index contributed by atoms with van der Waals surface area (Å²) in [7, 11) is 0. The number of carbonyl (C=O) groups is 1. The average molecular weight is 417 g/mol. The SMILES string of the molecule is Cc1ccccc1OCc1nc(S[C@@H](C)C(=O)Nc2cccc(Cl)c2C)n[nH]1. The van der Waals surface area contributed by atoms with Crippen LogP contribution in [-0.4, -0.2) is 26.3 Å². The maximum Gasteiger partial charge on any atom is 0.237 e. The smallest absolute Gasteiger partial charge is 0.237 e.